The average Bonchev–Trinajstić information content (AvgIpc) is 3.01. The highest BCUT2D eigenvalue weighted by Gasteiger charge is 2.12. The van der Waals surface area contributed by atoms with E-state index in [0.29, 0.717) is 19.3 Å². The third-order valence-electron chi connectivity index (χ3n) is 7.73. The summed E-state index contributed by atoms with van der Waals surface area (Å²) in [6.45, 7) is 4.11. The van der Waals surface area contributed by atoms with Gasteiger partial charge in [0.1, 0.15) is 19.3 Å². The van der Waals surface area contributed by atoms with E-state index < -0.39 is 18.2 Å². The Hall–Kier alpha value is -1.92. The molecule has 0 saturated carbocycles. The molecule has 0 aromatic heterocycles. The highest BCUT2D eigenvalue weighted by molar-refractivity contribution is 5.69. The van der Waals surface area contributed by atoms with Crippen molar-refractivity contribution in [3.05, 3.63) is 36.5 Å². The number of aliphatic hydroxyl groups excluding tert-OH is 2. The molecule has 0 spiro atoms. The lowest BCUT2D eigenvalue weighted by molar-refractivity contribution is -0.152. The van der Waals surface area contributed by atoms with Gasteiger partial charge in [0.15, 0.2) is 0 Å². The lowest BCUT2D eigenvalue weighted by Crippen LogP contribution is -2.25. The number of aliphatic hydroxyl groups is 2. The van der Waals surface area contributed by atoms with Crippen molar-refractivity contribution in [1.29, 1.82) is 0 Å². The summed E-state index contributed by atoms with van der Waals surface area (Å²) in [5.41, 5.74) is 0. The monoisotopic (exact) mass is 621 g/mol. The molecule has 6 nitrogen and oxygen atoms in total. The third kappa shape index (κ3) is 33.0. The first-order valence-corrected chi connectivity index (χ1v) is 18.1. The first-order chi connectivity index (χ1) is 21.5. The molecular formula is C38H68O6. The number of hydrogen-bond acceptors (Lipinski definition) is 6. The first kappa shape index (κ1) is 42.1. The second kappa shape index (κ2) is 34.0. The summed E-state index contributed by atoms with van der Waals surface area (Å²) < 4.78 is 10.2. The molecule has 0 aromatic carbocycles. The molecule has 0 amide bonds. The maximum Gasteiger partial charge on any atom is 0.305 e. The fraction of sp³-hybridized carbons (Fsp3) is 0.789. The summed E-state index contributed by atoms with van der Waals surface area (Å²) in [5.74, 6) is -0.755. The van der Waals surface area contributed by atoms with Crippen LogP contribution in [0.15, 0.2) is 36.5 Å². The zero-order chi connectivity index (χ0) is 32.4. The molecule has 0 aliphatic rings. The lowest BCUT2D eigenvalue weighted by Gasteiger charge is -2.12. The quantitative estimate of drug-likeness (QED) is 0.0336. The molecule has 0 fully saturated rings. The number of unbranched alkanes of at least 4 members (excludes halogenated alkanes) is 17. The van der Waals surface area contributed by atoms with E-state index in [2.05, 4.69) is 32.1 Å². The fourth-order valence-electron chi connectivity index (χ4n) is 4.92. The van der Waals surface area contributed by atoms with Crippen LogP contribution >= 0.6 is 0 Å². The van der Waals surface area contributed by atoms with Crippen LogP contribution in [0.25, 0.3) is 0 Å². The Balaban J connectivity index is 3.64. The van der Waals surface area contributed by atoms with Gasteiger partial charge in [-0.05, 0) is 38.5 Å². The molecular weight excluding hydrogens is 552 g/mol. The lowest BCUT2D eigenvalue weighted by atomic mass is 10.0. The Kier molecular flexibility index (Phi) is 32.5. The molecule has 6 heteroatoms. The van der Waals surface area contributed by atoms with E-state index in [4.69, 9.17) is 9.47 Å². The molecule has 0 bridgehead atoms. The van der Waals surface area contributed by atoms with E-state index >= 15 is 0 Å². The SMILES string of the molecule is CCCCCCCC/C=C/C/C=C/C=C/C(O)CCCC(=O)OC[C@H](O)COC(=O)CCCCCCCCCCCCCC. The van der Waals surface area contributed by atoms with Crippen LogP contribution in [-0.4, -0.2) is 47.6 Å². The molecule has 0 rings (SSSR count). The summed E-state index contributed by atoms with van der Waals surface area (Å²) in [6.07, 6.45) is 36.6. The minimum Gasteiger partial charge on any atom is -0.463 e. The van der Waals surface area contributed by atoms with Gasteiger partial charge in [0.25, 0.3) is 0 Å². The van der Waals surface area contributed by atoms with Gasteiger partial charge < -0.3 is 19.7 Å². The van der Waals surface area contributed by atoms with E-state index in [9.17, 15) is 19.8 Å². The molecule has 0 aliphatic carbocycles. The van der Waals surface area contributed by atoms with Crippen LogP contribution in [0.5, 0.6) is 0 Å². The number of ether oxygens (including phenoxy) is 2. The van der Waals surface area contributed by atoms with E-state index in [0.717, 1.165) is 32.1 Å². The zero-order valence-electron chi connectivity index (χ0n) is 28.5. The fourth-order valence-corrected chi connectivity index (χ4v) is 4.92. The van der Waals surface area contributed by atoms with Gasteiger partial charge >= 0.3 is 11.9 Å². The van der Waals surface area contributed by atoms with Crippen LogP contribution in [0.3, 0.4) is 0 Å². The van der Waals surface area contributed by atoms with Crippen LogP contribution in [0, 0.1) is 0 Å². The molecule has 2 atom stereocenters. The van der Waals surface area contributed by atoms with Crippen molar-refractivity contribution >= 4 is 11.9 Å². The molecule has 2 N–H and O–H groups in total. The van der Waals surface area contributed by atoms with Crippen molar-refractivity contribution < 1.29 is 29.3 Å². The minimum absolute atomic E-state index is 0.162. The van der Waals surface area contributed by atoms with Gasteiger partial charge in [0.05, 0.1) is 6.10 Å². The second-order valence-corrected chi connectivity index (χ2v) is 12.2. The number of carbonyl (C=O) groups excluding carboxylic acids is 2. The van der Waals surface area contributed by atoms with E-state index in [1.807, 2.05) is 12.2 Å². The first-order valence-electron chi connectivity index (χ1n) is 18.1. The van der Waals surface area contributed by atoms with Gasteiger partial charge in [-0.3, -0.25) is 9.59 Å². The summed E-state index contributed by atoms with van der Waals surface area (Å²) in [6, 6.07) is 0. The van der Waals surface area contributed by atoms with Crippen molar-refractivity contribution in [2.45, 2.75) is 180 Å². The number of rotatable bonds is 32. The maximum atomic E-state index is 11.9. The number of esters is 2. The Morgan fingerprint density at radius 3 is 1.59 bits per heavy atom. The van der Waals surface area contributed by atoms with Crippen LogP contribution in [-0.2, 0) is 19.1 Å². The van der Waals surface area contributed by atoms with Crippen molar-refractivity contribution in [3.8, 4) is 0 Å². The molecule has 0 heterocycles. The topological polar surface area (TPSA) is 93.1 Å². The zero-order valence-corrected chi connectivity index (χ0v) is 28.5. The molecule has 0 radical (unpaired) electrons. The van der Waals surface area contributed by atoms with E-state index in [1.165, 1.54) is 96.3 Å². The molecule has 0 aliphatic heterocycles. The minimum atomic E-state index is -1.03. The number of hydrogen-bond donors (Lipinski definition) is 2. The Labute approximate surface area is 270 Å². The summed E-state index contributed by atoms with van der Waals surface area (Å²) in [4.78, 5) is 23.8. The average molecular weight is 621 g/mol. The van der Waals surface area contributed by atoms with Crippen molar-refractivity contribution in [3.63, 3.8) is 0 Å². The van der Waals surface area contributed by atoms with E-state index in [1.54, 1.807) is 6.08 Å². The Morgan fingerprint density at radius 1 is 0.568 bits per heavy atom. The van der Waals surface area contributed by atoms with Crippen LogP contribution in [0.1, 0.15) is 168 Å². The van der Waals surface area contributed by atoms with Crippen molar-refractivity contribution in [2.75, 3.05) is 13.2 Å². The molecule has 256 valence electrons. The van der Waals surface area contributed by atoms with Gasteiger partial charge in [-0.2, -0.15) is 0 Å². The van der Waals surface area contributed by atoms with E-state index in [-0.39, 0.29) is 25.6 Å². The Bertz CT molecular complexity index is 729. The molecule has 0 saturated heterocycles. The van der Waals surface area contributed by atoms with Gasteiger partial charge in [-0.1, -0.05) is 153 Å². The van der Waals surface area contributed by atoms with Crippen LogP contribution in [0.2, 0.25) is 0 Å². The van der Waals surface area contributed by atoms with Gasteiger partial charge in [0.2, 0.25) is 0 Å². The molecule has 44 heavy (non-hydrogen) atoms. The second-order valence-electron chi connectivity index (χ2n) is 12.2. The van der Waals surface area contributed by atoms with Crippen molar-refractivity contribution in [1.82, 2.24) is 0 Å². The predicted octanol–water partition coefficient (Wildman–Crippen LogP) is 9.87. The largest absolute Gasteiger partial charge is 0.463 e. The smallest absolute Gasteiger partial charge is 0.305 e. The third-order valence-corrected chi connectivity index (χ3v) is 7.73. The number of carbonyl (C=O) groups is 2. The summed E-state index contributed by atoms with van der Waals surface area (Å²) in [7, 11) is 0. The van der Waals surface area contributed by atoms with Gasteiger partial charge in [-0.15, -0.1) is 0 Å². The van der Waals surface area contributed by atoms with Gasteiger partial charge in [-0.25, -0.2) is 0 Å². The van der Waals surface area contributed by atoms with Gasteiger partial charge in [0, 0.05) is 12.8 Å². The molecule has 0 aromatic rings. The molecule has 1 unspecified atom stereocenters. The van der Waals surface area contributed by atoms with Crippen LogP contribution in [0.4, 0.5) is 0 Å². The van der Waals surface area contributed by atoms with Crippen LogP contribution < -0.4 is 0 Å². The number of allylic oxidation sites excluding steroid dienone is 5. The Morgan fingerprint density at radius 2 is 1.05 bits per heavy atom. The predicted molar refractivity (Wildman–Crippen MR) is 184 cm³/mol. The highest BCUT2D eigenvalue weighted by Crippen LogP contribution is 2.13. The summed E-state index contributed by atoms with van der Waals surface area (Å²) >= 11 is 0. The maximum absolute atomic E-state index is 11.9. The standard InChI is InChI=1S/C38H68O6/c1-3-5-7-9-11-13-15-17-18-20-22-24-26-29-35(39)30-28-32-38(42)44-34-36(40)33-43-37(41)31-27-25-23-21-19-16-14-12-10-8-6-4-2/h17-18,22,24,26,29,35-36,39-40H,3-16,19-21,23,25,27-28,30-34H2,1-2H3/b18-17+,24-22+,29-26+/t35?,36-/m1/s1. The van der Waals surface area contributed by atoms with Crippen molar-refractivity contribution in [2.24, 2.45) is 0 Å². The normalized spacial score (nSPS) is 13.3. The summed E-state index contributed by atoms with van der Waals surface area (Å²) in [5, 5.41) is 20.0. The highest BCUT2D eigenvalue weighted by atomic mass is 16.6.